The highest BCUT2D eigenvalue weighted by Crippen LogP contribution is 2.24. The van der Waals surface area contributed by atoms with E-state index in [1.165, 1.54) is 12.1 Å². The molecular weight excluding hydrogens is 376 g/mol. The zero-order valence-electron chi connectivity index (χ0n) is 15.6. The number of benzene rings is 2. The third-order valence-electron chi connectivity index (χ3n) is 5.06. The lowest BCUT2D eigenvalue weighted by Crippen LogP contribution is -2.39. The number of amides is 1. The first-order chi connectivity index (χ1) is 13.4. The zero-order chi connectivity index (χ0) is 19.7. The molecule has 0 bridgehead atoms. The summed E-state index contributed by atoms with van der Waals surface area (Å²) < 4.78 is 27.2. The molecule has 146 valence electrons. The summed E-state index contributed by atoms with van der Waals surface area (Å²) in [6.45, 7) is 3.17. The number of nitrogens with zero attached hydrogens (tertiary/aromatic N) is 2. The summed E-state index contributed by atoms with van der Waals surface area (Å²) in [5.41, 5.74) is 1.60. The number of aromatic amines is 1. The minimum Gasteiger partial charge on any atom is -0.321 e. The number of H-pyrrole nitrogens is 1. The Labute approximate surface area is 163 Å². The van der Waals surface area contributed by atoms with Crippen LogP contribution in [0, 0.1) is 5.92 Å². The molecule has 1 fully saturated rings. The molecule has 0 unspecified atom stereocenters. The van der Waals surface area contributed by atoms with E-state index in [9.17, 15) is 13.2 Å². The van der Waals surface area contributed by atoms with Gasteiger partial charge in [-0.3, -0.25) is 9.89 Å². The van der Waals surface area contributed by atoms with E-state index in [0.717, 1.165) is 23.7 Å². The number of piperidine rings is 1. The molecule has 1 amide bonds. The molecule has 28 heavy (non-hydrogen) atoms. The average molecular weight is 398 g/mol. The molecule has 1 aliphatic rings. The van der Waals surface area contributed by atoms with Crippen LogP contribution in [-0.4, -0.2) is 41.9 Å². The Morgan fingerprint density at radius 1 is 1.18 bits per heavy atom. The van der Waals surface area contributed by atoms with Crippen LogP contribution in [-0.2, 0) is 10.0 Å². The molecule has 7 nitrogen and oxygen atoms in total. The van der Waals surface area contributed by atoms with Crippen LogP contribution in [0.25, 0.3) is 10.9 Å². The molecular formula is C20H22N4O3S. The lowest BCUT2D eigenvalue weighted by molar-refractivity contribution is 0.102. The van der Waals surface area contributed by atoms with Crippen LogP contribution in [0.15, 0.2) is 53.4 Å². The molecule has 8 heteroatoms. The van der Waals surface area contributed by atoms with Crippen LogP contribution in [0.3, 0.4) is 0 Å². The maximum absolute atomic E-state index is 12.8. The highest BCUT2D eigenvalue weighted by Gasteiger charge is 2.28. The van der Waals surface area contributed by atoms with Gasteiger partial charge in [0.25, 0.3) is 5.91 Å². The van der Waals surface area contributed by atoms with Crippen LogP contribution >= 0.6 is 0 Å². The second-order valence-electron chi connectivity index (χ2n) is 7.21. The summed E-state index contributed by atoms with van der Waals surface area (Å²) in [7, 11) is -3.51. The van der Waals surface area contributed by atoms with Crippen molar-refractivity contribution < 1.29 is 13.2 Å². The van der Waals surface area contributed by atoms with Crippen molar-refractivity contribution in [2.75, 3.05) is 18.4 Å². The van der Waals surface area contributed by atoms with Crippen molar-refractivity contribution in [1.29, 1.82) is 0 Å². The van der Waals surface area contributed by atoms with Gasteiger partial charge < -0.3 is 5.32 Å². The summed E-state index contributed by atoms with van der Waals surface area (Å²) in [5.74, 6) is 0.0173. The zero-order valence-corrected chi connectivity index (χ0v) is 16.4. The van der Waals surface area contributed by atoms with E-state index in [-0.39, 0.29) is 10.8 Å². The number of nitrogens with one attached hydrogen (secondary N) is 2. The van der Waals surface area contributed by atoms with Crippen molar-refractivity contribution >= 4 is 32.5 Å². The number of para-hydroxylation sites is 1. The van der Waals surface area contributed by atoms with Crippen molar-refractivity contribution in [1.82, 2.24) is 14.5 Å². The van der Waals surface area contributed by atoms with Crippen molar-refractivity contribution in [3.05, 3.63) is 54.2 Å². The van der Waals surface area contributed by atoms with Gasteiger partial charge in [0.15, 0.2) is 5.69 Å². The minimum absolute atomic E-state index is 0.241. The Morgan fingerprint density at radius 3 is 2.68 bits per heavy atom. The molecule has 1 atom stereocenters. The third-order valence-corrected chi connectivity index (χ3v) is 6.93. The number of carbonyl (C=O) groups is 1. The maximum atomic E-state index is 12.8. The van der Waals surface area contributed by atoms with E-state index in [4.69, 9.17) is 0 Å². The van der Waals surface area contributed by atoms with Gasteiger partial charge in [0.1, 0.15) is 0 Å². The van der Waals surface area contributed by atoms with Gasteiger partial charge in [-0.05, 0) is 49.1 Å². The molecule has 2 aromatic carbocycles. The van der Waals surface area contributed by atoms with Gasteiger partial charge in [-0.1, -0.05) is 25.1 Å². The molecule has 1 aliphatic heterocycles. The van der Waals surface area contributed by atoms with Crippen LogP contribution in [0.4, 0.5) is 5.69 Å². The number of hydrogen-bond acceptors (Lipinski definition) is 4. The van der Waals surface area contributed by atoms with E-state index < -0.39 is 10.0 Å². The highest BCUT2D eigenvalue weighted by atomic mass is 32.2. The molecule has 0 spiro atoms. The predicted molar refractivity (Wildman–Crippen MR) is 108 cm³/mol. The summed E-state index contributed by atoms with van der Waals surface area (Å²) in [5, 5.41) is 10.4. The van der Waals surface area contributed by atoms with Gasteiger partial charge in [0.05, 0.1) is 10.4 Å². The molecule has 3 aromatic rings. The fourth-order valence-electron chi connectivity index (χ4n) is 3.55. The fourth-order valence-corrected chi connectivity index (χ4v) is 5.15. The van der Waals surface area contributed by atoms with E-state index >= 15 is 0 Å². The molecule has 4 rings (SSSR count). The SMILES string of the molecule is C[C@H]1CCCN(S(=O)(=O)c2ccc(NC(=O)c3n[nH]c4ccccc34)cc2)C1. The van der Waals surface area contributed by atoms with Crippen molar-refractivity contribution in [2.45, 2.75) is 24.7 Å². The van der Waals surface area contributed by atoms with Gasteiger partial charge in [-0.2, -0.15) is 9.40 Å². The Morgan fingerprint density at radius 2 is 1.93 bits per heavy atom. The number of carbonyl (C=O) groups excluding carboxylic acids is 1. The van der Waals surface area contributed by atoms with Crippen molar-refractivity contribution in [2.24, 2.45) is 5.92 Å². The smallest absolute Gasteiger partial charge is 0.276 e. The Bertz CT molecular complexity index is 1110. The van der Waals surface area contributed by atoms with Crippen molar-refractivity contribution in [3.63, 3.8) is 0 Å². The van der Waals surface area contributed by atoms with E-state index in [1.807, 2.05) is 24.3 Å². The quantitative estimate of drug-likeness (QED) is 0.705. The standard InChI is InChI=1S/C20H22N4O3S/c1-14-5-4-12-24(13-14)28(26,27)16-10-8-15(9-11-16)21-20(25)19-17-6-2-3-7-18(17)22-23-19/h2-3,6-11,14H,4-5,12-13H2,1H3,(H,21,25)(H,22,23)/t14-/m0/s1. The van der Waals surface area contributed by atoms with E-state index in [2.05, 4.69) is 22.4 Å². The fraction of sp³-hybridized carbons (Fsp3) is 0.300. The third kappa shape index (κ3) is 3.53. The first-order valence-corrected chi connectivity index (χ1v) is 10.7. The van der Waals surface area contributed by atoms with Crippen LogP contribution < -0.4 is 5.32 Å². The van der Waals surface area contributed by atoms with Crippen molar-refractivity contribution in [3.8, 4) is 0 Å². The second-order valence-corrected chi connectivity index (χ2v) is 9.14. The number of sulfonamides is 1. The number of hydrogen-bond donors (Lipinski definition) is 2. The highest BCUT2D eigenvalue weighted by molar-refractivity contribution is 7.89. The first kappa shape index (κ1) is 18.6. The summed E-state index contributed by atoms with van der Waals surface area (Å²) in [4.78, 5) is 12.8. The van der Waals surface area contributed by atoms with Gasteiger partial charge in [-0.25, -0.2) is 8.42 Å². The topological polar surface area (TPSA) is 95.2 Å². The maximum Gasteiger partial charge on any atom is 0.276 e. The Kier molecular flexibility index (Phi) is 4.91. The monoisotopic (exact) mass is 398 g/mol. The molecule has 0 aliphatic carbocycles. The molecule has 0 saturated carbocycles. The lowest BCUT2D eigenvalue weighted by atomic mass is 10.0. The Hall–Kier alpha value is -2.71. The summed E-state index contributed by atoms with van der Waals surface area (Å²) >= 11 is 0. The first-order valence-electron chi connectivity index (χ1n) is 9.30. The molecule has 0 radical (unpaired) electrons. The van der Waals surface area contributed by atoms with Gasteiger partial charge >= 0.3 is 0 Å². The largest absolute Gasteiger partial charge is 0.321 e. The molecule has 2 heterocycles. The number of fused-ring (bicyclic) bond motifs is 1. The van der Waals surface area contributed by atoms with Crippen LogP contribution in [0.1, 0.15) is 30.3 Å². The summed E-state index contributed by atoms with van der Waals surface area (Å²) in [6, 6.07) is 13.7. The normalized spacial score (nSPS) is 18.2. The number of anilines is 1. The number of aromatic nitrogens is 2. The molecule has 1 aromatic heterocycles. The predicted octanol–water partition coefficient (Wildman–Crippen LogP) is 3.24. The molecule has 2 N–H and O–H groups in total. The van der Waals surface area contributed by atoms with Gasteiger partial charge in [0, 0.05) is 24.2 Å². The summed E-state index contributed by atoms with van der Waals surface area (Å²) in [6.07, 6.45) is 1.94. The van der Waals surface area contributed by atoms with Gasteiger partial charge in [0.2, 0.25) is 10.0 Å². The lowest BCUT2D eigenvalue weighted by Gasteiger charge is -2.30. The average Bonchev–Trinajstić information content (AvgIpc) is 3.13. The van der Waals surface area contributed by atoms with E-state index in [0.29, 0.717) is 30.4 Å². The van der Waals surface area contributed by atoms with E-state index in [1.54, 1.807) is 16.4 Å². The minimum atomic E-state index is -3.51. The number of rotatable bonds is 4. The second kappa shape index (κ2) is 7.37. The van der Waals surface area contributed by atoms with Crippen LogP contribution in [0.5, 0.6) is 0 Å². The van der Waals surface area contributed by atoms with Gasteiger partial charge in [-0.15, -0.1) is 0 Å². The Balaban J connectivity index is 1.51. The van der Waals surface area contributed by atoms with Crippen LogP contribution in [0.2, 0.25) is 0 Å². The molecule has 1 saturated heterocycles.